The van der Waals surface area contributed by atoms with Crippen molar-refractivity contribution in [1.82, 2.24) is 0 Å². The van der Waals surface area contributed by atoms with E-state index < -0.39 is 11.8 Å². The van der Waals surface area contributed by atoms with Crippen molar-refractivity contribution in [3.8, 4) is 70.9 Å². The fraction of sp³-hybridized carbons (Fsp3) is 0.0169. The van der Waals surface area contributed by atoms with E-state index >= 15 is 0 Å². The molecule has 0 radical (unpaired) electrons. The van der Waals surface area contributed by atoms with Gasteiger partial charge >= 0.3 is 0 Å². The van der Waals surface area contributed by atoms with Crippen molar-refractivity contribution < 1.29 is 30.0 Å². The van der Waals surface area contributed by atoms with Gasteiger partial charge in [0.25, 0.3) is 11.8 Å². The average molecular weight is 956 g/mol. The summed E-state index contributed by atoms with van der Waals surface area (Å²) in [6.45, 7) is 0. The highest BCUT2D eigenvalue weighted by Crippen LogP contribution is 2.25. The summed E-state index contributed by atoms with van der Waals surface area (Å²) < 4.78 is 0.903. The van der Waals surface area contributed by atoms with Crippen LogP contribution in [0.5, 0.6) is 23.0 Å². The van der Waals surface area contributed by atoms with Gasteiger partial charge in [-0.2, -0.15) is 0 Å². The molecule has 0 aliphatic heterocycles. The first kappa shape index (κ1) is 49.6. The molecule has 0 bridgehead atoms. The number of halogens is 1. The van der Waals surface area contributed by atoms with Crippen molar-refractivity contribution in [2.75, 3.05) is 10.6 Å². The number of carbonyl (C=O) groups excluding carboxylic acids is 2. The lowest BCUT2D eigenvalue weighted by Crippen LogP contribution is -2.11. The minimum Gasteiger partial charge on any atom is -0.508 e. The Kier molecular flexibility index (Phi) is 18.4. The van der Waals surface area contributed by atoms with Gasteiger partial charge in [0.2, 0.25) is 0 Å². The number of hydrogen-bond donors (Lipinski definition) is 6. The van der Waals surface area contributed by atoms with E-state index in [1.54, 1.807) is 48.5 Å². The Balaban J connectivity index is 0.000000208. The third-order valence-corrected chi connectivity index (χ3v) is 9.76. The summed E-state index contributed by atoms with van der Waals surface area (Å²) >= 11 is 3.29. The molecule has 6 N–H and O–H groups in total. The SMILES string of the molecule is C.C#Cc1ccc(C#Cc2ccccc2)cc1.O=C(Nc1ccc(Br)cc1)c1cc(O)ccc1O.O=C(Nc1ccc(C#Cc2ccc(C#Cc3ccccc3)cc2)cc1)c1cc(O)ccc1O. The predicted molar refractivity (Wildman–Crippen MR) is 274 cm³/mol. The number of amides is 2. The molecule has 8 aromatic rings. The first-order valence-electron chi connectivity index (χ1n) is 20.4. The molecule has 332 valence electrons. The van der Waals surface area contributed by atoms with Gasteiger partial charge in [-0.05, 0) is 158 Å². The van der Waals surface area contributed by atoms with Crippen LogP contribution in [0.2, 0.25) is 0 Å². The van der Waals surface area contributed by atoms with E-state index in [-0.39, 0.29) is 41.6 Å². The van der Waals surface area contributed by atoms with Crippen LogP contribution in [0.15, 0.2) is 199 Å². The molecule has 9 heteroatoms. The first-order chi connectivity index (χ1) is 32.5. The topological polar surface area (TPSA) is 139 Å². The van der Waals surface area contributed by atoms with Gasteiger partial charge in [0.05, 0.1) is 11.1 Å². The minimum atomic E-state index is -0.516. The summed E-state index contributed by atoms with van der Waals surface area (Å²) in [5, 5.41) is 43.5. The first-order valence-corrected chi connectivity index (χ1v) is 21.2. The summed E-state index contributed by atoms with van der Waals surface area (Å²) in [7, 11) is 0. The summed E-state index contributed by atoms with van der Waals surface area (Å²) in [5.41, 5.74) is 7.60. The molecule has 8 nitrogen and oxygen atoms in total. The second kappa shape index (κ2) is 25.2. The van der Waals surface area contributed by atoms with E-state index in [0.717, 1.165) is 43.4 Å². The zero-order chi connectivity index (χ0) is 47.4. The second-order valence-corrected chi connectivity index (χ2v) is 15.1. The highest BCUT2D eigenvalue weighted by molar-refractivity contribution is 9.10. The molecule has 2 amide bonds. The van der Waals surface area contributed by atoms with Crippen LogP contribution in [0.1, 0.15) is 67.1 Å². The molecule has 0 unspecified atom stereocenters. The van der Waals surface area contributed by atoms with Gasteiger partial charge in [0.15, 0.2) is 0 Å². The second-order valence-electron chi connectivity index (χ2n) is 14.2. The van der Waals surface area contributed by atoms with Gasteiger partial charge in [-0.25, -0.2) is 0 Å². The smallest absolute Gasteiger partial charge is 0.259 e. The maximum Gasteiger partial charge on any atom is 0.259 e. The zero-order valence-corrected chi connectivity index (χ0v) is 37.1. The molecule has 68 heavy (non-hydrogen) atoms. The average Bonchev–Trinajstić information content (AvgIpc) is 3.36. The molecule has 0 atom stereocenters. The maximum absolute atomic E-state index is 12.3. The minimum absolute atomic E-state index is 0. The van der Waals surface area contributed by atoms with Crippen molar-refractivity contribution in [3.05, 3.63) is 249 Å². The number of carbonyl (C=O) groups is 2. The lowest BCUT2D eigenvalue weighted by atomic mass is 10.1. The van der Waals surface area contributed by atoms with Crippen LogP contribution in [0.25, 0.3) is 0 Å². The number of aromatic hydroxyl groups is 4. The summed E-state index contributed by atoms with van der Waals surface area (Å²) in [6, 6.07) is 56.8. The molecule has 0 aliphatic carbocycles. The standard InChI is InChI=1S/C29H19NO3.C16H10.C13H10BrNO3.CH4/c31-26-18-19-28(32)27(20-26)29(33)30-25-16-14-24(15-17-25)13-12-23-10-8-22(9-11-23)7-6-21-4-2-1-3-5-21;1-2-14-8-10-16(11-9-14)13-12-15-6-4-3-5-7-15;14-8-1-3-9(4-2-8)15-13(18)11-7-10(16)5-6-12(11)17;/h1-5,8-11,14-20,31-32H,(H,30,33);1,3-11H;1-7,16-17H,(H,15,18);1H4. The van der Waals surface area contributed by atoms with Crippen LogP contribution >= 0.6 is 15.9 Å². The van der Waals surface area contributed by atoms with E-state index in [1.165, 1.54) is 36.4 Å². The number of hydrogen-bond acceptors (Lipinski definition) is 6. The molecule has 0 aliphatic rings. The maximum atomic E-state index is 12.3. The van der Waals surface area contributed by atoms with Gasteiger partial charge in [-0.3, -0.25) is 9.59 Å². The van der Waals surface area contributed by atoms with Crippen molar-refractivity contribution in [2.45, 2.75) is 7.43 Å². The molecule has 0 saturated carbocycles. The molecule has 0 saturated heterocycles. The van der Waals surface area contributed by atoms with Crippen LogP contribution in [0.3, 0.4) is 0 Å². The number of anilines is 2. The van der Waals surface area contributed by atoms with Crippen LogP contribution in [0, 0.1) is 47.9 Å². The molecule has 0 heterocycles. The monoisotopic (exact) mass is 954 g/mol. The Morgan fingerprint density at radius 3 is 1.03 bits per heavy atom. The van der Waals surface area contributed by atoms with Crippen LogP contribution < -0.4 is 10.6 Å². The van der Waals surface area contributed by atoms with E-state index in [2.05, 4.69) is 68.0 Å². The lowest BCUT2D eigenvalue weighted by molar-refractivity contribution is 0.101. The Morgan fingerprint density at radius 2 is 0.691 bits per heavy atom. The summed E-state index contributed by atoms with van der Waals surface area (Å²) in [4.78, 5) is 24.2. The van der Waals surface area contributed by atoms with Gasteiger partial charge in [0.1, 0.15) is 23.0 Å². The van der Waals surface area contributed by atoms with E-state index in [0.29, 0.717) is 11.4 Å². The van der Waals surface area contributed by atoms with Crippen LogP contribution in [-0.2, 0) is 0 Å². The number of benzene rings is 8. The molecular weight excluding hydrogens is 913 g/mol. The molecule has 8 rings (SSSR count). The molecule has 0 aromatic heterocycles. The Bertz CT molecular complexity index is 3200. The van der Waals surface area contributed by atoms with Crippen molar-refractivity contribution in [2.24, 2.45) is 0 Å². The quantitative estimate of drug-likeness (QED) is 0.0767. The van der Waals surface area contributed by atoms with Crippen LogP contribution in [-0.4, -0.2) is 32.2 Å². The summed E-state index contributed by atoms with van der Waals surface area (Å²) in [6.07, 6.45) is 5.28. The Hall–Kier alpha value is -9.38. The molecule has 0 spiro atoms. The largest absolute Gasteiger partial charge is 0.508 e. The van der Waals surface area contributed by atoms with Crippen LogP contribution in [0.4, 0.5) is 11.4 Å². The van der Waals surface area contributed by atoms with Gasteiger partial charge in [0, 0.05) is 54.8 Å². The zero-order valence-electron chi connectivity index (χ0n) is 35.5. The van der Waals surface area contributed by atoms with Gasteiger partial charge < -0.3 is 31.1 Å². The van der Waals surface area contributed by atoms with E-state index in [4.69, 9.17) is 6.42 Å². The van der Waals surface area contributed by atoms with Crippen molar-refractivity contribution in [1.29, 1.82) is 0 Å². The number of nitrogens with one attached hydrogen (secondary N) is 2. The highest BCUT2D eigenvalue weighted by atomic mass is 79.9. The lowest BCUT2D eigenvalue weighted by Gasteiger charge is -2.07. The van der Waals surface area contributed by atoms with Crippen molar-refractivity contribution in [3.63, 3.8) is 0 Å². The number of rotatable bonds is 4. The summed E-state index contributed by atoms with van der Waals surface area (Å²) in [5.74, 6) is 19.7. The number of terminal acetylenes is 1. The molecule has 8 aromatic carbocycles. The highest BCUT2D eigenvalue weighted by Gasteiger charge is 2.13. The molecule has 0 fully saturated rings. The normalized spacial score (nSPS) is 9.41. The third kappa shape index (κ3) is 15.7. The number of phenols is 4. The molecular formula is C59H43BrN2O6. The number of phenolic OH excluding ortho intramolecular Hbond substituents is 4. The third-order valence-electron chi connectivity index (χ3n) is 9.23. The van der Waals surface area contributed by atoms with Crippen molar-refractivity contribution >= 4 is 39.1 Å². The van der Waals surface area contributed by atoms with E-state index in [9.17, 15) is 30.0 Å². The van der Waals surface area contributed by atoms with Gasteiger partial charge in [-0.1, -0.05) is 101 Å². The fourth-order valence-corrected chi connectivity index (χ4v) is 6.01. The predicted octanol–water partition coefficient (Wildman–Crippen LogP) is 12.0. The van der Waals surface area contributed by atoms with E-state index in [1.807, 2.05) is 109 Å². The Morgan fingerprint density at radius 1 is 0.397 bits per heavy atom. The Labute approximate surface area is 404 Å². The van der Waals surface area contributed by atoms with Gasteiger partial charge in [-0.15, -0.1) is 6.42 Å². The fourth-order valence-electron chi connectivity index (χ4n) is 5.74.